The van der Waals surface area contributed by atoms with Gasteiger partial charge in [-0.1, -0.05) is 54.6 Å². The normalized spacial score (nSPS) is 12.1. The van der Waals surface area contributed by atoms with Gasteiger partial charge in [0.25, 0.3) is 10.0 Å². The summed E-state index contributed by atoms with van der Waals surface area (Å²) in [5, 5.41) is 1.38. The molecule has 0 radical (unpaired) electrons. The number of ether oxygens (including phenoxy) is 1. The number of benzene rings is 5. The number of hydrogen-bond donors (Lipinski definition) is 1. The molecule has 0 atom stereocenters. The number of aryl methyl sites for hydroxylation is 1. The lowest BCUT2D eigenvalue weighted by Crippen LogP contribution is -2.14. The third kappa shape index (κ3) is 4.82. The fourth-order valence-electron chi connectivity index (χ4n) is 4.22. The zero-order valence-electron chi connectivity index (χ0n) is 19.3. The lowest BCUT2D eigenvalue weighted by Gasteiger charge is -2.15. The summed E-state index contributed by atoms with van der Waals surface area (Å²) in [4.78, 5) is -0.00275. The van der Waals surface area contributed by atoms with Crippen LogP contribution < -0.4 is 9.46 Å². The molecule has 0 aliphatic carbocycles. The average Bonchev–Trinajstić information content (AvgIpc) is 2.84. The van der Waals surface area contributed by atoms with Gasteiger partial charge >= 0.3 is 6.18 Å². The molecule has 9 heteroatoms. The number of halogens is 4. The van der Waals surface area contributed by atoms with Crippen molar-refractivity contribution >= 4 is 37.3 Å². The minimum atomic E-state index is -4.56. The van der Waals surface area contributed by atoms with Gasteiger partial charge in [0.1, 0.15) is 11.5 Å². The fraction of sp³-hybridized carbons (Fsp3) is 0.0714. The van der Waals surface area contributed by atoms with E-state index in [1.165, 1.54) is 36.4 Å². The van der Waals surface area contributed by atoms with E-state index < -0.39 is 27.6 Å². The molecule has 5 aromatic carbocycles. The van der Waals surface area contributed by atoms with Gasteiger partial charge in [0.15, 0.2) is 5.82 Å². The quantitative estimate of drug-likeness (QED) is 0.236. The lowest BCUT2D eigenvalue weighted by molar-refractivity contribution is -0.136. The van der Waals surface area contributed by atoms with Crippen molar-refractivity contribution in [2.75, 3.05) is 4.72 Å². The van der Waals surface area contributed by atoms with Crippen LogP contribution >= 0.6 is 0 Å². The summed E-state index contributed by atoms with van der Waals surface area (Å²) in [7, 11) is -4.12. The van der Waals surface area contributed by atoms with Crippen LogP contribution in [0.25, 0.3) is 21.5 Å². The van der Waals surface area contributed by atoms with Crippen LogP contribution in [0.4, 0.5) is 23.2 Å². The Morgan fingerprint density at radius 2 is 1.49 bits per heavy atom. The molecule has 188 valence electrons. The Balaban J connectivity index is 1.47. The molecule has 0 bridgehead atoms. The first-order valence-corrected chi connectivity index (χ1v) is 12.6. The molecule has 0 aliphatic heterocycles. The fourth-order valence-corrected chi connectivity index (χ4v) is 5.52. The van der Waals surface area contributed by atoms with E-state index in [-0.39, 0.29) is 32.9 Å². The first kappa shape index (κ1) is 24.6. The highest BCUT2D eigenvalue weighted by molar-refractivity contribution is 7.93. The maximum Gasteiger partial charge on any atom is 0.417 e. The zero-order valence-corrected chi connectivity index (χ0v) is 20.1. The van der Waals surface area contributed by atoms with E-state index in [9.17, 15) is 26.0 Å². The van der Waals surface area contributed by atoms with Crippen molar-refractivity contribution < 1.29 is 30.7 Å². The van der Waals surface area contributed by atoms with Crippen LogP contribution in [0.2, 0.25) is 0 Å². The average molecular weight is 526 g/mol. The molecule has 0 saturated carbocycles. The molecule has 0 unspecified atom stereocenters. The molecule has 1 N–H and O–H groups in total. The predicted octanol–water partition coefficient (Wildman–Crippen LogP) is 8.05. The van der Waals surface area contributed by atoms with Gasteiger partial charge < -0.3 is 4.74 Å². The summed E-state index contributed by atoms with van der Waals surface area (Å²) in [5.41, 5.74) is -0.573. The van der Waals surface area contributed by atoms with E-state index in [4.69, 9.17) is 4.74 Å². The Morgan fingerprint density at radius 1 is 0.784 bits per heavy atom. The topological polar surface area (TPSA) is 55.4 Å². The highest BCUT2D eigenvalue weighted by Crippen LogP contribution is 2.40. The second-order valence-corrected chi connectivity index (χ2v) is 10.1. The Hall–Kier alpha value is -4.11. The summed E-state index contributed by atoms with van der Waals surface area (Å²) in [6.07, 6.45) is -4.56. The van der Waals surface area contributed by atoms with E-state index in [2.05, 4.69) is 4.72 Å². The number of hydrogen-bond acceptors (Lipinski definition) is 3. The molecule has 0 spiro atoms. The first-order chi connectivity index (χ1) is 17.5. The molecule has 0 aromatic heterocycles. The van der Waals surface area contributed by atoms with Gasteiger partial charge in [-0.25, -0.2) is 12.8 Å². The van der Waals surface area contributed by atoms with Crippen LogP contribution in [-0.4, -0.2) is 8.42 Å². The van der Waals surface area contributed by atoms with E-state index >= 15 is 0 Å². The van der Waals surface area contributed by atoms with Crippen LogP contribution in [-0.2, 0) is 16.2 Å². The Labute approximate surface area is 210 Å². The number of sulfonamides is 1. The molecular weight excluding hydrogens is 506 g/mol. The van der Waals surface area contributed by atoms with Crippen molar-refractivity contribution in [1.29, 1.82) is 0 Å². The molecule has 5 aromatic rings. The van der Waals surface area contributed by atoms with Crippen molar-refractivity contribution in [3.05, 3.63) is 108 Å². The van der Waals surface area contributed by atoms with Crippen molar-refractivity contribution in [3.63, 3.8) is 0 Å². The lowest BCUT2D eigenvalue weighted by atomic mass is 10.0. The molecular formula is C28H19F4NO3S. The highest BCUT2D eigenvalue weighted by Gasteiger charge is 2.32. The second kappa shape index (κ2) is 9.08. The van der Waals surface area contributed by atoms with Gasteiger partial charge in [-0.2, -0.15) is 13.2 Å². The molecule has 4 nitrogen and oxygen atoms in total. The number of nitrogens with one attached hydrogen (secondary N) is 1. The van der Waals surface area contributed by atoms with Gasteiger partial charge in [0, 0.05) is 16.8 Å². The number of fused-ring (bicyclic) bond motifs is 2. The van der Waals surface area contributed by atoms with E-state index in [0.29, 0.717) is 16.3 Å². The van der Waals surface area contributed by atoms with Crippen LogP contribution in [0.3, 0.4) is 0 Å². The summed E-state index contributed by atoms with van der Waals surface area (Å²) >= 11 is 0. The van der Waals surface area contributed by atoms with Gasteiger partial charge in [-0.3, -0.25) is 4.72 Å². The largest absolute Gasteiger partial charge is 0.457 e. The Morgan fingerprint density at radius 3 is 2.24 bits per heavy atom. The summed E-state index contributed by atoms with van der Waals surface area (Å²) in [6.45, 7) is 1.63. The smallest absolute Gasteiger partial charge is 0.417 e. The summed E-state index contributed by atoms with van der Waals surface area (Å²) in [6, 6.07) is 22.0. The zero-order chi connectivity index (χ0) is 26.4. The van der Waals surface area contributed by atoms with Crippen LogP contribution in [0.15, 0.2) is 95.9 Å². The van der Waals surface area contributed by atoms with Crippen molar-refractivity contribution in [1.82, 2.24) is 0 Å². The van der Waals surface area contributed by atoms with Crippen LogP contribution in [0.1, 0.15) is 11.1 Å². The molecule has 0 fully saturated rings. The third-order valence-corrected chi connectivity index (χ3v) is 7.28. The molecule has 0 amide bonds. The summed E-state index contributed by atoms with van der Waals surface area (Å²) < 4.78 is 89.6. The second-order valence-electron chi connectivity index (χ2n) is 8.49. The van der Waals surface area contributed by atoms with E-state index in [0.717, 1.165) is 12.1 Å². The molecule has 0 saturated heterocycles. The molecule has 5 rings (SSSR count). The SMILES string of the molecule is Cc1cc(Oc2ccc(NS(=O)(=O)c3cccc4ccccc34)c(F)c2)c2cccc(C(F)(F)F)c2c1. The van der Waals surface area contributed by atoms with Gasteiger partial charge in [0.2, 0.25) is 0 Å². The standard InChI is InChI=1S/C28H19F4NO3S/c1-17-14-22-21(9-5-10-23(22)28(30,31)32)26(15-17)36-19-12-13-25(24(29)16-19)33-37(34,35)27-11-4-7-18-6-2-3-8-20(18)27/h2-16,33H,1H3. The van der Waals surface area contributed by atoms with Gasteiger partial charge in [-0.15, -0.1) is 0 Å². The highest BCUT2D eigenvalue weighted by atomic mass is 32.2. The third-order valence-electron chi connectivity index (χ3n) is 5.86. The predicted molar refractivity (Wildman–Crippen MR) is 135 cm³/mol. The van der Waals surface area contributed by atoms with Gasteiger partial charge in [-0.05, 0) is 53.6 Å². The van der Waals surface area contributed by atoms with Crippen molar-refractivity contribution in [2.45, 2.75) is 18.0 Å². The summed E-state index contributed by atoms with van der Waals surface area (Å²) in [5.74, 6) is -0.797. The molecule has 37 heavy (non-hydrogen) atoms. The number of rotatable bonds is 5. The first-order valence-electron chi connectivity index (χ1n) is 11.1. The van der Waals surface area contributed by atoms with Crippen molar-refractivity contribution in [3.8, 4) is 11.5 Å². The van der Waals surface area contributed by atoms with E-state index in [1.807, 2.05) is 0 Å². The Bertz CT molecular complexity index is 1760. The monoisotopic (exact) mass is 525 g/mol. The molecule has 0 aliphatic rings. The number of alkyl halides is 3. The maximum atomic E-state index is 15.0. The minimum absolute atomic E-state index is 0.00275. The molecule has 0 heterocycles. The minimum Gasteiger partial charge on any atom is -0.457 e. The van der Waals surface area contributed by atoms with E-state index in [1.54, 1.807) is 49.4 Å². The van der Waals surface area contributed by atoms with Gasteiger partial charge in [0.05, 0.1) is 16.1 Å². The van der Waals surface area contributed by atoms with Crippen molar-refractivity contribution in [2.24, 2.45) is 0 Å². The van der Waals surface area contributed by atoms with Crippen LogP contribution in [0.5, 0.6) is 11.5 Å². The number of anilines is 1. The Kier molecular flexibility index (Phi) is 6.03. The maximum absolute atomic E-state index is 15.0. The van der Waals surface area contributed by atoms with Crippen LogP contribution in [0, 0.1) is 12.7 Å².